The predicted molar refractivity (Wildman–Crippen MR) is 168 cm³/mol. The normalized spacial score (nSPS) is 30.3. The molecule has 4 aliphatic rings. The highest BCUT2D eigenvalue weighted by molar-refractivity contribution is 6.31. The van der Waals surface area contributed by atoms with Crippen molar-refractivity contribution < 1.29 is 63.6 Å². The monoisotopic (exact) mass is 685 g/mol. The average molecular weight is 686 g/mol. The van der Waals surface area contributed by atoms with Crippen molar-refractivity contribution in [2.24, 2.45) is 5.10 Å². The van der Waals surface area contributed by atoms with E-state index in [4.69, 9.17) is 23.7 Å². The molecule has 6 rings (SSSR count). The van der Waals surface area contributed by atoms with Gasteiger partial charge in [0.05, 0.1) is 61.0 Å². The second-order valence-electron chi connectivity index (χ2n) is 12.5. The van der Waals surface area contributed by atoms with Crippen LogP contribution in [0, 0.1) is 0 Å². The molecule has 16 nitrogen and oxygen atoms in total. The molecule has 0 saturated carbocycles. The molecular weight excluding hydrogens is 646 g/mol. The first-order chi connectivity index (χ1) is 23.5. The first kappa shape index (κ1) is 34.8. The average Bonchev–Trinajstić information content (AvgIpc) is 3.09. The number of carbonyl (C=O) groups is 3. The first-order valence-electron chi connectivity index (χ1n) is 15.8. The summed E-state index contributed by atoms with van der Waals surface area (Å²) in [5.74, 6) is -2.75. The van der Waals surface area contributed by atoms with Gasteiger partial charge in [0.15, 0.2) is 18.4 Å². The van der Waals surface area contributed by atoms with Gasteiger partial charge in [0, 0.05) is 62.2 Å². The number of nitrogens with one attached hydrogen (secondary N) is 1. The van der Waals surface area contributed by atoms with E-state index in [2.05, 4.69) is 10.5 Å². The number of aromatic hydroxyl groups is 2. The van der Waals surface area contributed by atoms with Gasteiger partial charge in [-0.15, -0.1) is 0 Å². The summed E-state index contributed by atoms with van der Waals surface area (Å²) in [6, 6.07) is 3.93. The van der Waals surface area contributed by atoms with Gasteiger partial charge in [0.25, 0.3) is 0 Å². The SMILES string of the molecule is COc1cccc2c1C(=O)c1c(O)c3c(c(O)c1C2=O)C[C@@](O)(/C(CO)=N/NC=O)C[C@@H]3O[C@H]1C[C@H](N2CCO[C@@H](OC)C2)[C@H](O)[C@H](C)O1. The van der Waals surface area contributed by atoms with Gasteiger partial charge in [-0.05, 0) is 13.0 Å². The summed E-state index contributed by atoms with van der Waals surface area (Å²) in [4.78, 5) is 40.8. The Balaban J connectivity index is 1.45. The number of carbonyl (C=O) groups excluding carboxylic acids is 3. The van der Waals surface area contributed by atoms with Gasteiger partial charge < -0.3 is 49.2 Å². The number of fused-ring (bicyclic) bond motifs is 3. The number of hydrazone groups is 1. The summed E-state index contributed by atoms with van der Waals surface area (Å²) in [6.07, 6.45) is -5.05. The first-order valence-corrected chi connectivity index (χ1v) is 15.8. The minimum Gasteiger partial charge on any atom is -0.507 e. The number of phenols is 2. The molecule has 0 radical (unpaired) electrons. The van der Waals surface area contributed by atoms with Crippen LogP contribution in [0.5, 0.6) is 17.2 Å². The molecule has 0 unspecified atom stereocenters. The summed E-state index contributed by atoms with van der Waals surface area (Å²) < 4.78 is 28.8. The fourth-order valence-corrected chi connectivity index (χ4v) is 7.39. The second kappa shape index (κ2) is 13.7. The fraction of sp³-hybridized carbons (Fsp3) is 0.515. The smallest absolute Gasteiger partial charge is 0.227 e. The maximum Gasteiger partial charge on any atom is 0.227 e. The van der Waals surface area contributed by atoms with Crippen LogP contribution in [-0.2, 0) is 30.2 Å². The fourth-order valence-electron chi connectivity index (χ4n) is 7.39. The summed E-state index contributed by atoms with van der Waals surface area (Å²) >= 11 is 0. The van der Waals surface area contributed by atoms with Gasteiger partial charge in [0.1, 0.15) is 22.8 Å². The van der Waals surface area contributed by atoms with E-state index in [-0.39, 0.29) is 46.5 Å². The number of aliphatic hydroxyl groups excluding tert-OH is 2. The number of methoxy groups -OCH3 is 2. The third-order valence-corrected chi connectivity index (χ3v) is 9.80. The Bertz CT molecular complexity index is 1680. The number of aliphatic hydroxyl groups is 3. The van der Waals surface area contributed by atoms with E-state index in [0.717, 1.165) is 0 Å². The standard InChI is InChI=1S/C33H39N3O13/c1-15-28(39)18(36-7-8-47-23(12-36)46-3)9-22(48-15)49-20-11-33(44,21(13-37)35-34-14-38)10-17-25(20)32(43)27-26(30(17)41)29(40)16-5-4-6-19(45-2)24(16)31(27)42/h4-6,14-15,18,20,22-23,28,37,39,41,43-44H,7-13H2,1-3H3,(H,34,38)/b35-21+/t15-,18-,20-,22-,23+,28+,33-/m0/s1. The Morgan fingerprint density at radius 3 is 2.59 bits per heavy atom. The lowest BCUT2D eigenvalue weighted by molar-refractivity contribution is -0.265. The van der Waals surface area contributed by atoms with E-state index in [0.29, 0.717) is 19.7 Å². The highest BCUT2D eigenvalue weighted by Gasteiger charge is 2.50. The number of rotatable bonds is 9. The van der Waals surface area contributed by atoms with Gasteiger partial charge >= 0.3 is 0 Å². The Kier molecular flexibility index (Phi) is 9.76. The molecule has 49 heavy (non-hydrogen) atoms. The van der Waals surface area contributed by atoms with Crippen molar-refractivity contribution in [1.82, 2.24) is 10.3 Å². The molecular formula is C33H39N3O13. The molecule has 2 heterocycles. The molecule has 0 bridgehead atoms. The largest absolute Gasteiger partial charge is 0.507 e. The number of hydrogen-bond donors (Lipinski definition) is 6. The molecule has 16 heteroatoms. The number of hydrogen-bond acceptors (Lipinski definition) is 15. The van der Waals surface area contributed by atoms with Crippen LogP contribution in [-0.4, -0.2) is 131 Å². The lowest BCUT2D eigenvalue weighted by atomic mass is 9.71. The van der Waals surface area contributed by atoms with E-state index in [1.54, 1.807) is 6.92 Å². The number of ether oxygens (including phenoxy) is 5. The third-order valence-electron chi connectivity index (χ3n) is 9.80. The molecule has 2 aromatic carbocycles. The maximum atomic E-state index is 14.0. The lowest BCUT2D eigenvalue weighted by Crippen LogP contribution is -2.59. The van der Waals surface area contributed by atoms with Crippen LogP contribution in [0.25, 0.3) is 0 Å². The Hall–Kier alpha value is -4.00. The molecule has 2 aliphatic carbocycles. The van der Waals surface area contributed by atoms with E-state index in [1.165, 1.54) is 32.4 Å². The molecule has 7 atom stereocenters. The minimum absolute atomic E-state index is 0.0498. The van der Waals surface area contributed by atoms with Gasteiger partial charge in [0.2, 0.25) is 12.2 Å². The predicted octanol–water partition coefficient (Wildman–Crippen LogP) is -0.120. The number of amides is 1. The summed E-state index contributed by atoms with van der Waals surface area (Å²) in [7, 11) is 2.85. The Morgan fingerprint density at radius 2 is 1.90 bits per heavy atom. The number of ketones is 2. The van der Waals surface area contributed by atoms with Crippen LogP contribution in [0.1, 0.15) is 68.8 Å². The topological polar surface area (TPSA) is 226 Å². The van der Waals surface area contributed by atoms with E-state index >= 15 is 0 Å². The van der Waals surface area contributed by atoms with Crippen LogP contribution >= 0.6 is 0 Å². The highest BCUT2D eigenvalue weighted by atomic mass is 16.7. The van der Waals surface area contributed by atoms with E-state index in [9.17, 15) is 39.9 Å². The Labute approximate surface area is 280 Å². The van der Waals surface area contributed by atoms with Crippen LogP contribution in [0.3, 0.4) is 0 Å². The zero-order valence-electron chi connectivity index (χ0n) is 27.1. The highest BCUT2D eigenvalue weighted by Crippen LogP contribution is 2.52. The number of morpholine rings is 1. The summed E-state index contributed by atoms with van der Waals surface area (Å²) in [5, 5.41) is 60.6. The van der Waals surface area contributed by atoms with Crippen LogP contribution in [0.4, 0.5) is 0 Å². The molecule has 0 aromatic heterocycles. The number of phenolic OH excluding ortho intramolecular Hbond substituents is 2. The quantitative estimate of drug-likeness (QED) is 0.0748. The third kappa shape index (κ3) is 5.97. The summed E-state index contributed by atoms with van der Waals surface area (Å²) in [5.41, 5.74) is -1.59. The summed E-state index contributed by atoms with van der Waals surface area (Å²) in [6.45, 7) is 2.08. The van der Waals surface area contributed by atoms with Crippen LogP contribution < -0.4 is 10.2 Å². The van der Waals surface area contributed by atoms with Crippen molar-refractivity contribution >= 4 is 23.7 Å². The van der Waals surface area contributed by atoms with Crippen molar-refractivity contribution in [3.05, 3.63) is 51.6 Å². The molecule has 2 fully saturated rings. The maximum absolute atomic E-state index is 14.0. The zero-order chi connectivity index (χ0) is 35.2. The van der Waals surface area contributed by atoms with E-state index in [1.807, 2.05) is 4.90 Å². The zero-order valence-corrected chi connectivity index (χ0v) is 27.1. The van der Waals surface area contributed by atoms with Crippen LogP contribution in [0.15, 0.2) is 23.3 Å². The van der Waals surface area contributed by atoms with Crippen molar-refractivity contribution in [2.45, 2.75) is 68.7 Å². The van der Waals surface area contributed by atoms with Gasteiger partial charge in [-0.25, -0.2) is 5.43 Å². The van der Waals surface area contributed by atoms with Crippen molar-refractivity contribution in [3.8, 4) is 17.2 Å². The van der Waals surface area contributed by atoms with Crippen molar-refractivity contribution in [3.63, 3.8) is 0 Å². The number of benzene rings is 2. The van der Waals surface area contributed by atoms with Gasteiger partial charge in [-0.2, -0.15) is 5.10 Å². The number of nitrogens with zero attached hydrogens (tertiary/aromatic N) is 2. The second-order valence-corrected chi connectivity index (χ2v) is 12.5. The van der Waals surface area contributed by atoms with Crippen LogP contribution in [0.2, 0.25) is 0 Å². The molecule has 1 amide bonds. The minimum atomic E-state index is -2.08. The van der Waals surface area contributed by atoms with Gasteiger partial charge in [-0.1, -0.05) is 12.1 Å². The molecule has 6 N–H and O–H groups in total. The van der Waals surface area contributed by atoms with Crippen molar-refractivity contribution in [1.29, 1.82) is 0 Å². The van der Waals surface area contributed by atoms with E-state index < -0.39 is 96.2 Å². The molecule has 264 valence electrons. The lowest BCUT2D eigenvalue weighted by Gasteiger charge is -2.47. The molecule has 2 aromatic rings. The molecule has 0 spiro atoms. The Morgan fingerprint density at radius 1 is 1.14 bits per heavy atom. The van der Waals surface area contributed by atoms with Crippen molar-refractivity contribution in [2.75, 3.05) is 40.5 Å². The van der Waals surface area contributed by atoms with Gasteiger partial charge in [-0.3, -0.25) is 19.3 Å². The molecule has 2 saturated heterocycles. The molecule has 2 aliphatic heterocycles.